The molecule has 2 saturated heterocycles. The fourth-order valence-corrected chi connectivity index (χ4v) is 6.01. The average molecular weight is 477 g/mol. The zero-order valence-corrected chi connectivity index (χ0v) is 20.1. The first kappa shape index (κ1) is 20.6. The molecule has 1 saturated carbocycles. The molecular weight excluding hydrogens is 448 g/mol. The number of benzene rings is 2. The van der Waals surface area contributed by atoms with Crippen LogP contribution < -0.4 is 10.6 Å². The lowest BCUT2D eigenvalue weighted by atomic mass is 10.0. The van der Waals surface area contributed by atoms with Gasteiger partial charge in [-0.05, 0) is 73.9 Å². The quantitative estimate of drug-likeness (QED) is 0.297. The highest BCUT2D eigenvalue weighted by Gasteiger charge is 2.46. The molecule has 3 fully saturated rings. The number of imidazole rings is 2. The second-order valence-corrected chi connectivity index (χ2v) is 10.7. The number of rotatable bonds is 4. The van der Waals surface area contributed by atoms with Crippen LogP contribution in [0.25, 0.3) is 44.6 Å². The molecule has 8 nitrogen and oxygen atoms in total. The van der Waals surface area contributed by atoms with Gasteiger partial charge in [0.15, 0.2) is 0 Å². The van der Waals surface area contributed by atoms with Gasteiger partial charge >= 0.3 is 0 Å². The van der Waals surface area contributed by atoms with E-state index in [9.17, 15) is 0 Å². The highest BCUT2D eigenvalue weighted by molar-refractivity contribution is 5.86. The topological polar surface area (TPSA) is 107 Å². The van der Waals surface area contributed by atoms with Gasteiger partial charge < -0.3 is 20.6 Å². The van der Waals surface area contributed by atoms with Crippen LogP contribution in [0, 0.1) is 5.92 Å². The van der Waals surface area contributed by atoms with Crippen LogP contribution in [0.3, 0.4) is 0 Å². The van der Waals surface area contributed by atoms with E-state index in [-0.39, 0.29) is 6.04 Å². The first-order valence-corrected chi connectivity index (χ1v) is 13.0. The van der Waals surface area contributed by atoms with Gasteiger partial charge in [-0.25, -0.2) is 15.0 Å². The summed E-state index contributed by atoms with van der Waals surface area (Å²) < 4.78 is 0. The number of aromatic amines is 2. The summed E-state index contributed by atoms with van der Waals surface area (Å²) in [5, 5.41) is 7.26. The van der Waals surface area contributed by atoms with E-state index >= 15 is 0 Å². The SMILES string of the molecule is C[C@@H]1CC[C@@H](c2ncc(-c3cnc4cc(-c5ccc6nc([C@@H]7C[C@H]8CC8N7)[nH]c6c5)ccc4n3)[nH]2)N1. The van der Waals surface area contributed by atoms with Crippen LogP contribution in [-0.4, -0.2) is 42.0 Å². The van der Waals surface area contributed by atoms with Crippen LogP contribution in [-0.2, 0) is 0 Å². The molecule has 1 aliphatic carbocycles. The number of aromatic nitrogens is 6. The van der Waals surface area contributed by atoms with Crippen LogP contribution >= 0.6 is 0 Å². The Bertz CT molecular complexity index is 1610. The molecule has 0 amide bonds. The van der Waals surface area contributed by atoms with Crippen molar-refractivity contribution in [3.63, 3.8) is 0 Å². The first-order valence-electron chi connectivity index (χ1n) is 13.0. The van der Waals surface area contributed by atoms with Crippen molar-refractivity contribution < 1.29 is 0 Å². The molecule has 0 bridgehead atoms. The van der Waals surface area contributed by atoms with Crippen LogP contribution in [0.1, 0.15) is 56.3 Å². The van der Waals surface area contributed by atoms with E-state index in [0.717, 1.165) is 68.6 Å². The van der Waals surface area contributed by atoms with Crippen molar-refractivity contribution in [2.75, 3.05) is 0 Å². The molecule has 3 aromatic heterocycles. The molecule has 5 heterocycles. The Kier molecular flexibility index (Phi) is 4.39. The maximum Gasteiger partial charge on any atom is 0.124 e. The second-order valence-electron chi connectivity index (χ2n) is 10.7. The van der Waals surface area contributed by atoms with Gasteiger partial charge in [-0.2, -0.15) is 0 Å². The molecule has 2 aromatic carbocycles. The van der Waals surface area contributed by atoms with Gasteiger partial charge in [0.25, 0.3) is 0 Å². The molecule has 5 atom stereocenters. The van der Waals surface area contributed by atoms with E-state index in [1.165, 1.54) is 19.3 Å². The van der Waals surface area contributed by atoms with E-state index in [2.05, 4.69) is 68.9 Å². The van der Waals surface area contributed by atoms with Crippen molar-refractivity contribution in [2.45, 2.75) is 56.8 Å². The maximum atomic E-state index is 4.86. The van der Waals surface area contributed by atoms with E-state index in [1.807, 2.05) is 12.4 Å². The molecule has 3 aliphatic rings. The van der Waals surface area contributed by atoms with E-state index < -0.39 is 0 Å². The van der Waals surface area contributed by atoms with Gasteiger partial charge in [0.05, 0.1) is 52.2 Å². The number of fused-ring (bicyclic) bond motifs is 3. The minimum atomic E-state index is 0.285. The number of hydrogen-bond donors (Lipinski definition) is 4. The van der Waals surface area contributed by atoms with Crippen LogP contribution in [0.15, 0.2) is 48.8 Å². The van der Waals surface area contributed by atoms with Gasteiger partial charge in [0.1, 0.15) is 17.3 Å². The summed E-state index contributed by atoms with van der Waals surface area (Å²) in [4.78, 5) is 26.1. The predicted molar refractivity (Wildman–Crippen MR) is 139 cm³/mol. The van der Waals surface area contributed by atoms with Crippen LogP contribution in [0.4, 0.5) is 0 Å². The zero-order chi connectivity index (χ0) is 23.8. The van der Waals surface area contributed by atoms with Crippen molar-refractivity contribution in [1.29, 1.82) is 0 Å². The van der Waals surface area contributed by atoms with Gasteiger partial charge in [-0.15, -0.1) is 0 Å². The molecule has 36 heavy (non-hydrogen) atoms. The third kappa shape index (κ3) is 3.43. The lowest BCUT2D eigenvalue weighted by molar-refractivity contribution is 0.544. The summed E-state index contributed by atoms with van der Waals surface area (Å²) >= 11 is 0. The molecule has 4 N–H and O–H groups in total. The fraction of sp³-hybridized carbons (Fsp3) is 0.357. The van der Waals surface area contributed by atoms with Crippen molar-refractivity contribution in [3.05, 3.63) is 60.4 Å². The van der Waals surface area contributed by atoms with Crippen LogP contribution in [0.5, 0.6) is 0 Å². The molecule has 5 aromatic rings. The molecule has 8 heteroatoms. The molecule has 0 radical (unpaired) electrons. The molecule has 180 valence electrons. The minimum Gasteiger partial charge on any atom is -0.341 e. The highest BCUT2D eigenvalue weighted by atomic mass is 15.1. The number of piperidine rings is 1. The summed E-state index contributed by atoms with van der Waals surface area (Å²) in [6.45, 7) is 2.22. The Hall–Kier alpha value is -3.62. The number of nitrogens with one attached hydrogen (secondary N) is 4. The van der Waals surface area contributed by atoms with E-state index in [0.29, 0.717) is 18.1 Å². The lowest BCUT2D eigenvalue weighted by Crippen LogP contribution is -2.21. The molecule has 2 aliphatic heterocycles. The standard InChI is InChI=1S/C28H28N8/c1-14-2-5-20(31-14)27-30-13-26(36-27)25-12-29-22-8-15(3-6-18(22)32-25)16-4-7-19-23(9-16)35-28(34-19)24-11-17-10-21(17)33-24/h3-4,6-9,12-14,17,20-21,24,31,33H,2,5,10-11H2,1H3,(H,30,36)(H,34,35)/t14-,17-,20+,21?,24+/m1/s1. The Morgan fingerprint density at radius 3 is 2.47 bits per heavy atom. The largest absolute Gasteiger partial charge is 0.341 e. The number of nitrogens with zero attached hydrogens (tertiary/aromatic N) is 4. The highest BCUT2D eigenvalue weighted by Crippen LogP contribution is 2.45. The molecule has 0 spiro atoms. The van der Waals surface area contributed by atoms with Crippen molar-refractivity contribution in [3.8, 4) is 22.5 Å². The third-order valence-corrected chi connectivity index (χ3v) is 8.16. The number of hydrogen-bond acceptors (Lipinski definition) is 6. The monoisotopic (exact) mass is 476 g/mol. The van der Waals surface area contributed by atoms with Crippen molar-refractivity contribution in [1.82, 2.24) is 40.5 Å². The minimum absolute atomic E-state index is 0.285. The first-order chi connectivity index (χ1) is 17.7. The Morgan fingerprint density at radius 1 is 0.750 bits per heavy atom. The smallest absolute Gasteiger partial charge is 0.124 e. The van der Waals surface area contributed by atoms with Gasteiger partial charge in [-0.3, -0.25) is 4.98 Å². The van der Waals surface area contributed by atoms with Crippen molar-refractivity contribution >= 4 is 22.1 Å². The summed E-state index contributed by atoms with van der Waals surface area (Å²) in [6.07, 6.45) is 8.49. The van der Waals surface area contributed by atoms with Gasteiger partial charge in [0.2, 0.25) is 0 Å². The maximum absolute atomic E-state index is 4.86. The Morgan fingerprint density at radius 2 is 1.64 bits per heavy atom. The van der Waals surface area contributed by atoms with E-state index in [4.69, 9.17) is 15.0 Å². The molecule has 8 rings (SSSR count). The Balaban J connectivity index is 1.07. The van der Waals surface area contributed by atoms with E-state index in [1.54, 1.807) is 0 Å². The fourth-order valence-electron chi connectivity index (χ4n) is 6.01. The molecular formula is C28H28N8. The number of H-pyrrole nitrogens is 2. The van der Waals surface area contributed by atoms with Gasteiger partial charge in [-0.1, -0.05) is 12.1 Å². The predicted octanol–water partition coefficient (Wildman–Crippen LogP) is 4.80. The summed E-state index contributed by atoms with van der Waals surface area (Å²) in [5.74, 6) is 2.89. The van der Waals surface area contributed by atoms with Gasteiger partial charge in [0, 0.05) is 12.1 Å². The zero-order valence-electron chi connectivity index (χ0n) is 20.1. The average Bonchev–Trinajstić information content (AvgIpc) is 3.43. The Labute approximate surface area is 208 Å². The second kappa shape index (κ2) is 7.69. The van der Waals surface area contributed by atoms with Crippen LogP contribution in [0.2, 0.25) is 0 Å². The summed E-state index contributed by atoms with van der Waals surface area (Å²) in [5.41, 5.74) is 7.81. The molecule has 1 unspecified atom stereocenters. The van der Waals surface area contributed by atoms with Crippen molar-refractivity contribution in [2.24, 2.45) is 5.92 Å². The lowest BCUT2D eigenvalue weighted by Gasteiger charge is -2.08. The third-order valence-electron chi connectivity index (χ3n) is 8.16. The normalized spacial score (nSPS) is 27.2. The summed E-state index contributed by atoms with van der Waals surface area (Å²) in [6, 6.07) is 14.6. The summed E-state index contributed by atoms with van der Waals surface area (Å²) in [7, 11) is 0.